The second kappa shape index (κ2) is 72.0. The summed E-state index contributed by atoms with van der Waals surface area (Å²) in [6, 6.07) is 0. The molecule has 0 amide bonds. The Morgan fingerprint density at radius 1 is 0.275 bits per heavy atom. The predicted molar refractivity (Wildman–Crippen MR) is 418 cm³/mol. The van der Waals surface area contributed by atoms with Gasteiger partial charge in [-0.25, -0.2) is 9.13 Å². The average molecular weight is 1490 g/mol. The first-order chi connectivity index (χ1) is 49.1. The highest BCUT2D eigenvalue weighted by Crippen LogP contribution is 2.45. The minimum atomic E-state index is -4.96. The average Bonchev–Trinajstić information content (AvgIpc) is 0.915. The van der Waals surface area contributed by atoms with E-state index in [0.29, 0.717) is 31.6 Å². The molecule has 0 rings (SSSR count). The van der Waals surface area contributed by atoms with E-state index in [1.165, 1.54) is 225 Å². The van der Waals surface area contributed by atoms with E-state index in [4.69, 9.17) is 37.0 Å². The Hall–Kier alpha value is -1.94. The van der Waals surface area contributed by atoms with E-state index in [9.17, 15) is 43.2 Å². The number of phosphoric acid groups is 2. The second-order valence-electron chi connectivity index (χ2n) is 31.5. The van der Waals surface area contributed by atoms with Gasteiger partial charge < -0.3 is 33.8 Å². The molecule has 0 aromatic carbocycles. The van der Waals surface area contributed by atoms with Crippen LogP contribution in [0.25, 0.3) is 0 Å². The summed E-state index contributed by atoms with van der Waals surface area (Å²) in [6.45, 7) is 14.3. The predicted octanol–water partition coefficient (Wildman–Crippen LogP) is 24.8. The van der Waals surface area contributed by atoms with Gasteiger partial charge in [-0.15, -0.1) is 0 Å². The fourth-order valence-corrected chi connectivity index (χ4v) is 14.3. The van der Waals surface area contributed by atoms with E-state index in [1.54, 1.807) is 0 Å². The molecule has 0 radical (unpaired) electrons. The van der Waals surface area contributed by atoms with Crippen molar-refractivity contribution >= 4 is 39.5 Å². The number of hydrogen-bond acceptors (Lipinski definition) is 15. The molecule has 0 aliphatic heterocycles. The van der Waals surface area contributed by atoms with E-state index in [-0.39, 0.29) is 25.7 Å². The molecular weight excluding hydrogens is 1330 g/mol. The number of aliphatic hydroxyl groups is 1. The highest BCUT2D eigenvalue weighted by atomic mass is 31.2. The van der Waals surface area contributed by atoms with Crippen LogP contribution in [0.1, 0.15) is 428 Å². The summed E-state index contributed by atoms with van der Waals surface area (Å²) < 4.78 is 68.7. The van der Waals surface area contributed by atoms with Gasteiger partial charge in [-0.2, -0.15) is 0 Å². The van der Waals surface area contributed by atoms with Crippen LogP contribution in [0.3, 0.4) is 0 Å². The van der Waals surface area contributed by atoms with Crippen molar-refractivity contribution in [1.82, 2.24) is 0 Å². The smallest absolute Gasteiger partial charge is 0.462 e. The Labute approximate surface area is 626 Å². The number of esters is 4. The SMILES string of the molecule is CCC(C)CCCCCCCCCCCCCCCCCCCCC(=O)OC[C@H](COP(=O)(O)OCC(O)COP(=O)(O)OC[C@@H](COC(=O)CCCCCCCCCC(C)C)OC(=O)CCCCCCCCCCCCCCCC(C)C)OC(=O)CCCCCCCCCCCCCC(C)C. The van der Waals surface area contributed by atoms with E-state index in [2.05, 4.69) is 55.4 Å². The van der Waals surface area contributed by atoms with Crippen LogP contribution in [0, 0.1) is 23.7 Å². The highest BCUT2D eigenvalue weighted by Gasteiger charge is 2.30. The molecule has 3 N–H and O–H groups in total. The van der Waals surface area contributed by atoms with Crippen molar-refractivity contribution in [1.29, 1.82) is 0 Å². The molecule has 0 spiro atoms. The lowest BCUT2D eigenvalue weighted by molar-refractivity contribution is -0.161. The number of hydrogen-bond donors (Lipinski definition) is 3. The first-order valence-electron chi connectivity index (χ1n) is 42.7. The van der Waals surface area contributed by atoms with Gasteiger partial charge in [0.05, 0.1) is 26.4 Å². The molecule has 6 atom stereocenters. The third kappa shape index (κ3) is 74.9. The van der Waals surface area contributed by atoms with Crippen LogP contribution in [0.2, 0.25) is 0 Å². The zero-order chi connectivity index (χ0) is 75.3. The summed E-state index contributed by atoms with van der Waals surface area (Å²) >= 11 is 0. The number of phosphoric ester groups is 2. The zero-order valence-corrected chi connectivity index (χ0v) is 69.0. The first kappa shape index (κ1) is 100. The lowest BCUT2D eigenvalue weighted by Crippen LogP contribution is -2.30. The monoisotopic (exact) mass is 1490 g/mol. The summed E-state index contributed by atoms with van der Waals surface area (Å²) in [7, 11) is -9.92. The van der Waals surface area contributed by atoms with Crippen LogP contribution in [0.5, 0.6) is 0 Å². The quantitative estimate of drug-likeness (QED) is 0.0222. The van der Waals surface area contributed by atoms with Crippen LogP contribution < -0.4 is 0 Å². The Morgan fingerprint density at radius 3 is 0.696 bits per heavy atom. The molecule has 0 aliphatic carbocycles. The molecule has 0 bridgehead atoms. The molecule has 102 heavy (non-hydrogen) atoms. The number of carbonyl (C=O) groups excluding carboxylic acids is 4. The van der Waals surface area contributed by atoms with Crippen LogP contribution in [-0.4, -0.2) is 96.7 Å². The van der Waals surface area contributed by atoms with Crippen molar-refractivity contribution in [3.63, 3.8) is 0 Å². The van der Waals surface area contributed by atoms with Crippen LogP contribution in [-0.2, 0) is 65.4 Å². The first-order valence-corrected chi connectivity index (χ1v) is 45.7. The maximum absolute atomic E-state index is 13.1. The minimum Gasteiger partial charge on any atom is -0.462 e. The molecule has 0 heterocycles. The summed E-state index contributed by atoms with van der Waals surface area (Å²) in [5.41, 5.74) is 0. The van der Waals surface area contributed by atoms with Gasteiger partial charge in [-0.1, -0.05) is 376 Å². The molecule has 17 nitrogen and oxygen atoms in total. The number of aliphatic hydroxyl groups excluding tert-OH is 1. The van der Waals surface area contributed by atoms with E-state index in [0.717, 1.165) is 114 Å². The van der Waals surface area contributed by atoms with E-state index in [1.807, 2.05) is 0 Å². The van der Waals surface area contributed by atoms with E-state index >= 15 is 0 Å². The van der Waals surface area contributed by atoms with Crippen LogP contribution >= 0.6 is 15.6 Å². The van der Waals surface area contributed by atoms with Gasteiger partial charge in [0, 0.05) is 25.7 Å². The van der Waals surface area contributed by atoms with E-state index < -0.39 is 97.5 Å². The molecule has 0 saturated carbocycles. The van der Waals surface area contributed by atoms with Gasteiger partial charge in [0.15, 0.2) is 12.2 Å². The number of ether oxygens (including phenoxy) is 4. The molecule has 0 aromatic rings. The maximum atomic E-state index is 13.1. The Bertz CT molecular complexity index is 1990. The summed E-state index contributed by atoms with van der Waals surface area (Å²) in [5.74, 6) is 1.02. The molecule has 606 valence electrons. The van der Waals surface area contributed by atoms with Gasteiger partial charge in [0.2, 0.25) is 0 Å². The van der Waals surface area contributed by atoms with Crippen molar-refractivity contribution in [2.45, 2.75) is 446 Å². The van der Waals surface area contributed by atoms with Crippen molar-refractivity contribution in [3.05, 3.63) is 0 Å². The zero-order valence-electron chi connectivity index (χ0n) is 67.2. The second-order valence-corrected chi connectivity index (χ2v) is 34.4. The third-order valence-electron chi connectivity index (χ3n) is 19.7. The largest absolute Gasteiger partial charge is 0.472 e. The number of unbranched alkanes of at least 4 members (excludes halogenated alkanes) is 45. The van der Waals surface area contributed by atoms with Gasteiger partial charge in [-0.05, 0) is 49.4 Å². The summed E-state index contributed by atoms with van der Waals surface area (Å²) in [6.07, 6.45) is 59.8. The molecule has 4 unspecified atom stereocenters. The third-order valence-corrected chi connectivity index (χ3v) is 21.6. The normalized spacial score (nSPS) is 14.3. The van der Waals surface area contributed by atoms with Crippen LogP contribution in [0.4, 0.5) is 0 Å². The lowest BCUT2D eigenvalue weighted by Gasteiger charge is -2.21. The Balaban J connectivity index is 5.19. The van der Waals surface area contributed by atoms with Gasteiger partial charge in [0.25, 0.3) is 0 Å². The molecule has 19 heteroatoms. The molecule has 0 fully saturated rings. The fourth-order valence-electron chi connectivity index (χ4n) is 12.8. The van der Waals surface area contributed by atoms with Crippen LogP contribution in [0.15, 0.2) is 0 Å². The van der Waals surface area contributed by atoms with Crippen molar-refractivity contribution in [2.75, 3.05) is 39.6 Å². The number of rotatable bonds is 80. The Morgan fingerprint density at radius 2 is 0.471 bits per heavy atom. The number of carbonyl (C=O) groups is 4. The Kier molecular flexibility index (Phi) is 70.6. The maximum Gasteiger partial charge on any atom is 0.472 e. The summed E-state index contributed by atoms with van der Waals surface area (Å²) in [5, 5.41) is 10.6. The van der Waals surface area contributed by atoms with Gasteiger partial charge in [-0.3, -0.25) is 37.3 Å². The summed E-state index contributed by atoms with van der Waals surface area (Å²) in [4.78, 5) is 73.1. The highest BCUT2D eigenvalue weighted by molar-refractivity contribution is 7.47. The molecule has 0 aliphatic rings. The molecular formula is C83H162O17P2. The fraction of sp³-hybridized carbons (Fsp3) is 0.952. The minimum absolute atomic E-state index is 0.106. The van der Waals surface area contributed by atoms with Gasteiger partial charge >= 0.3 is 39.5 Å². The van der Waals surface area contributed by atoms with Crippen molar-refractivity contribution in [3.8, 4) is 0 Å². The van der Waals surface area contributed by atoms with Gasteiger partial charge in [0.1, 0.15) is 19.3 Å². The molecule has 0 saturated heterocycles. The van der Waals surface area contributed by atoms with Crippen molar-refractivity contribution in [2.24, 2.45) is 23.7 Å². The molecule has 0 aromatic heterocycles. The standard InChI is InChI=1S/C83H162O17P2/c1-9-76(8)62-54-46-38-30-24-18-14-12-10-11-13-15-19-25-31-39-47-55-63-80(85)93-69-78(99-83(88)66-58-50-41-33-27-21-23-29-36-44-52-60-74(4)5)71-97-101(89,90)95-67-77(84)68-96-102(91,92)98-72-79(70-94-81(86)64-56-48-42-34-37-45-53-61-75(6)7)100-82(87)65-57-49-40-32-26-20-16-17-22-28-35-43-51-59-73(2)3/h73-79,84H,9-72H2,1-8H3,(H,89,90)(H,91,92)/t76?,77?,78-,79-/m1/s1. The van der Waals surface area contributed by atoms with Crippen molar-refractivity contribution < 1.29 is 80.2 Å². The lowest BCUT2D eigenvalue weighted by atomic mass is 9.99. The topological polar surface area (TPSA) is 237 Å².